The Hall–Kier alpha value is -4.00. The zero-order chi connectivity index (χ0) is 25.5. The smallest absolute Gasteiger partial charge is 0.303 e. The zero-order valence-electron chi connectivity index (χ0n) is 20.7. The van der Waals surface area contributed by atoms with Crippen LogP contribution in [0.3, 0.4) is 0 Å². The molecule has 0 aliphatic heterocycles. The molecule has 0 unspecified atom stereocenters. The van der Waals surface area contributed by atoms with Crippen molar-refractivity contribution in [3.05, 3.63) is 89.5 Å². The number of methoxy groups -OCH3 is 1. The third-order valence-electron chi connectivity index (χ3n) is 4.88. The van der Waals surface area contributed by atoms with Gasteiger partial charge in [0, 0.05) is 18.1 Å². The van der Waals surface area contributed by atoms with E-state index in [4.69, 9.17) is 24.2 Å². The molecule has 0 heterocycles. The van der Waals surface area contributed by atoms with Crippen LogP contribution < -0.4 is 14.2 Å². The van der Waals surface area contributed by atoms with Crippen molar-refractivity contribution in [2.75, 3.05) is 20.8 Å². The summed E-state index contributed by atoms with van der Waals surface area (Å²) in [5, 5.41) is 12.9. The van der Waals surface area contributed by atoms with Crippen LogP contribution in [-0.4, -0.2) is 37.6 Å². The largest absolute Gasteiger partial charge is 0.496 e. The van der Waals surface area contributed by atoms with Crippen molar-refractivity contribution >= 4 is 11.7 Å². The van der Waals surface area contributed by atoms with E-state index in [1.54, 1.807) is 13.2 Å². The molecule has 0 aliphatic rings. The number of carboxylic acids is 1. The van der Waals surface area contributed by atoms with Crippen LogP contribution in [0.4, 0.5) is 0 Å². The summed E-state index contributed by atoms with van der Waals surface area (Å²) in [5.41, 5.74) is 3.45. The first-order chi connectivity index (χ1) is 17.1. The van der Waals surface area contributed by atoms with Gasteiger partial charge in [-0.1, -0.05) is 67.5 Å². The Morgan fingerprint density at radius 1 is 0.886 bits per heavy atom. The molecule has 1 N–H and O–H groups in total. The molecular formula is C28H33NO6. The monoisotopic (exact) mass is 479 g/mol. The first-order valence-electron chi connectivity index (χ1n) is 11.5. The van der Waals surface area contributed by atoms with Crippen LogP contribution in [0.15, 0.2) is 78.0 Å². The maximum atomic E-state index is 10.8. The Morgan fingerprint density at radius 2 is 1.57 bits per heavy atom. The molecule has 0 radical (unpaired) electrons. The average molecular weight is 480 g/mol. The summed E-state index contributed by atoms with van der Waals surface area (Å²) in [5.74, 6) is 1.13. The van der Waals surface area contributed by atoms with Crippen LogP contribution in [0.5, 0.6) is 17.2 Å². The van der Waals surface area contributed by atoms with E-state index < -0.39 is 5.97 Å². The highest BCUT2D eigenvalue weighted by Crippen LogP contribution is 2.26. The molecule has 0 saturated heterocycles. The van der Waals surface area contributed by atoms with Gasteiger partial charge in [0.2, 0.25) is 0 Å². The molecule has 0 aliphatic carbocycles. The lowest BCUT2D eigenvalue weighted by molar-refractivity contribution is -0.136. The third kappa shape index (κ3) is 9.04. The number of nitrogens with zero attached hydrogens (tertiary/aromatic N) is 1. The highest BCUT2D eigenvalue weighted by Gasteiger charge is 2.09. The molecule has 0 fully saturated rings. The summed E-state index contributed by atoms with van der Waals surface area (Å²) in [7, 11) is 3.07. The average Bonchev–Trinajstić information content (AvgIpc) is 2.91. The van der Waals surface area contributed by atoms with Gasteiger partial charge >= 0.3 is 5.97 Å². The second-order valence-corrected chi connectivity index (χ2v) is 7.18. The summed E-state index contributed by atoms with van der Waals surface area (Å²) < 4.78 is 17.1. The maximum absolute atomic E-state index is 10.8. The van der Waals surface area contributed by atoms with E-state index >= 15 is 0 Å². The van der Waals surface area contributed by atoms with Crippen molar-refractivity contribution in [3.63, 3.8) is 0 Å². The fourth-order valence-electron chi connectivity index (χ4n) is 3.17. The predicted molar refractivity (Wildman–Crippen MR) is 137 cm³/mol. The standard InChI is InChI=1S/C26H27NO6.C2H6/c1-30-25-16-23(14-10-21(25)11-15-26(28)29)32-17-19-8-12-22(13-9-19)33-18-24(27-31-2)20-6-4-3-5-7-20;1-2/h3-10,12-14,16H,11,15,17-18H2,1-2H3,(H,28,29);1-2H3/b27-24+;. The number of carboxylic acid groups (broad SMARTS) is 1. The summed E-state index contributed by atoms with van der Waals surface area (Å²) in [6.07, 6.45) is 0.455. The van der Waals surface area contributed by atoms with E-state index in [1.807, 2.05) is 80.6 Å². The Bertz CT molecular complexity index is 1060. The minimum Gasteiger partial charge on any atom is -0.496 e. The Balaban J connectivity index is 0.00000210. The summed E-state index contributed by atoms with van der Waals surface area (Å²) >= 11 is 0. The maximum Gasteiger partial charge on any atom is 0.303 e. The topological polar surface area (TPSA) is 86.6 Å². The summed E-state index contributed by atoms with van der Waals surface area (Å²) in [6.45, 7) is 4.65. The van der Waals surface area contributed by atoms with Crippen molar-refractivity contribution in [2.24, 2.45) is 5.16 Å². The van der Waals surface area contributed by atoms with E-state index in [9.17, 15) is 4.79 Å². The van der Waals surface area contributed by atoms with Gasteiger partial charge in [0.15, 0.2) is 0 Å². The van der Waals surface area contributed by atoms with Crippen molar-refractivity contribution in [3.8, 4) is 17.2 Å². The molecule has 0 bridgehead atoms. The number of benzene rings is 3. The first kappa shape index (κ1) is 27.2. The number of ether oxygens (including phenoxy) is 3. The van der Waals surface area contributed by atoms with Gasteiger partial charge in [-0.25, -0.2) is 0 Å². The fourth-order valence-corrected chi connectivity index (χ4v) is 3.17. The predicted octanol–water partition coefficient (Wildman–Crippen LogP) is 5.75. The molecule has 0 saturated carbocycles. The van der Waals surface area contributed by atoms with Gasteiger partial charge in [0.05, 0.1) is 7.11 Å². The van der Waals surface area contributed by atoms with Crippen LogP contribution in [0.2, 0.25) is 0 Å². The quantitative estimate of drug-likeness (QED) is 0.263. The van der Waals surface area contributed by atoms with Crippen molar-refractivity contribution in [2.45, 2.75) is 33.3 Å². The minimum atomic E-state index is -0.841. The molecule has 0 atom stereocenters. The summed E-state index contributed by atoms with van der Waals surface area (Å²) in [6, 6.07) is 22.8. The molecule has 0 spiro atoms. The number of rotatable bonds is 12. The van der Waals surface area contributed by atoms with Gasteiger partial charge in [0.1, 0.15) is 43.3 Å². The molecule has 35 heavy (non-hydrogen) atoms. The van der Waals surface area contributed by atoms with E-state index in [-0.39, 0.29) is 13.0 Å². The van der Waals surface area contributed by atoms with Gasteiger partial charge in [-0.15, -0.1) is 0 Å². The number of hydrogen-bond acceptors (Lipinski definition) is 6. The zero-order valence-corrected chi connectivity index (χ0v) is 20.7. The van der Waals surface area contributed by atoms with Gasteiger partial charge < -0.3 is 24.2 Å². The van der Waals surface area contributed by atoms with Crippen LogP contribution in [0.1, 0.15) is 37.0 Å². The Kier molecular flexibility index (Phi) is 11.7. The normalized spacial score (nSPS) is 10.6. The molecule has 0 aromatic heterocycles. The molecule has 0 amide bonds. The van der Waals surface area contributed by atoms with E-state index in [2.05, 4.69) is 5.16 Å². The van der Waals surface area contributed by atoms with E-state index in [1.165, 1.54) is 7.11 Å². The lowest BCUT2D eigenvalue weighted by atomic mass is 10.1. The Morgan fingerprint density at radius 3 is 2.20 bits per heavy atom. The number of carbonyl (C=O) groups is 1. The van der Waals surface area contributed by atoms with Crippen molar-refractivity contribution in [1.29, 1.82) is 0 Å². The summed E-state index contributed by atoms with van der Waals surface area (Å²) in [4.78, 5) is 15.7. The van der Waals surface area contributed by atoms with Crippen LogP contribution in [-0.2, 0) is 22.7 Å². The fraction of sp³-hybridized carbons (Fsp3) is 0.286. The minimum absolute atomic E-state index is 0.0507. The second-order valence-electron chi connectivity index (χ2n) is 7.18. The SMILES string of the molecule is CC.CO/N=C(\COc1ccc(COc2ccc(CCC(=O)O)c(OC)c2)cc1)c1ccccc1. The number of aryl methyl sites for hydroxylation is 1. The van der Waals surface area contributed by atoms with Crippen LogP contribution in [0, 0.1) is 0 Å². The molecule has 3 rings (SSSR count). The molecule has 7 heteroatoms. The van der Waals surface area contributed by atoms with Crippen molar-refractivity contribution in [1.82, 2.24) is 0 Å². The number of oxime groups is 1. The highest BCUT2D eigenvalue weighted by molar-refractivity contribution is 6.01. The van der Waals surface area contributed by atoms with E-state index in [0.29, 0.717) is 36.0 Å². The highest BCUT2D eigenvalue weighted by atomic mass is 16.6. The molecular weight excluding hydrogens is 446 g/mol. The van der Waals surface area contributed by atoms with Gasteiger partial charge in [0.25, 0.3) is 0 Å². The van der Waals surface area contributed by atoms with Gasteiger partial charge in [-0.05, 0) is 35.7 Å². The van der Waals surface area contributed by atoms with Gasteiger partial charge in [-0.3, -0.25) is 4.79 Å². The lowest BCUT2D eigenvalue weighted by Crippen LogP contribution is -2.13. The van der Waals surface area contributed by atoms with Crippen LogP contribution >= 0.6 is 0 Å². The van der Waals surface area contributed by atoms with Crippen molar-refractivity contribution < 1.29 is 28.9 Å². The number of aliphatic carboxylic acids is 1. The molecule has 3 aromatic carbocycles. The Labute approximate surface area is 206 Å². The second kappa shape index (κ2) is 15.0. The van der Waals surface area contributed by atoms with Gasteiger partial charge in [-0.2, -0.15) is 0 Å². The number of hydrogen-bond donors (Lipinski definition) is 1. The molecule has 186 valence electrons. The third-order valence-corrected chi connectivity index (χ3v) is 4.88. The van der Waals surface area contributed by atoms with E-state index in [0.717, 1.165) is 16.7 Å². The first-order valence-corrected chi connectivity index (χ1v) is 11.5. The molecule has 7 nitrogen and oxygen atoms in total. The lowest BCUT2D eigenvalue weighted by Gasteiger charge is -2.12. The van der Waals surface area contributed by atoms with Crippen LogP contribution in [0.25, 0.3) is 0 Å². The molecule has 3 aromatic rings.